The minimum Gasteiger partial charge on any atom is -0.481 e. The zero-order valence-electron chi connectivity index (χ0n) is 22.8. The summed E-state index contributed by atoms with van der Waals surface area (Å²) < 4.78 is 6.04. The Kier molecular flexibility index (Phi) is 16.3. The summed E-state index contributed by atoms with van der Waals surface area (Å²) in [5.41, 5.74) is -1.06. The molecule has 4 nitrogen and oxygen atoms in total. The normalized spacial score (nSPS) is 21.0. The number of carboxylic acid groups (broad SMARTS) is 1. The number of carboxylic acids is 1. The van der Waals surface area contributed by atoms with Crippen molar-refractivity contribution >= 4 is 11.9 Å². The second-order valence-electron chi connectivity index (χ2n) is 11.2. The molecule has 34 heavy (non-hydrogen) atoms. The van der Waals surface area contributed by atoms with Crippen LogP contribution in [0.4, 0.5) is 0 Å². The van der Waals surface area contributed by atoms with Gasteiger partial charge in [-0.1, -0.05) is 110 Å². The molecular weight excluding hydrogens is 424 g/mol. The third-order valence-corrected chi connectivity index (χ3v) is 7.51. The fourth-order valence-corrected chi connectivity index (χ4v) is 5.10. The Balaban J connectivity index is 2.53. The minimum absolute atomic E-state index is 0.0927. The van der Waals surface area contributed by atoms with Crippen molar-refractivity contribution in [2.24, 2.45) is 17.3 Å². The molecule has 1 N–H and O–H groups in total. The summed E-state index contributed by atoms with van der Waals surface area (Å²) in [5.74, 6) is -1.17. The van der Waals surface area contributed by atoms with E-state index >= 15 is 0 Å². The number of rotatable bonds is 20. The summed E-state index contributed by atoms with van der Waals surface area (Å²) in [7, 11) is 0. The third-order valence-electron chi connectivity index (χ3n) is 7.51. The lowest BCUT2D eigenvalue weighted by Gasteiger charge is -2.34. The Morgan fingerprint density at radius 1 is 0.882 bits per heavy atom. The Morgan fingerprint density at radius 3 is 1.88 bits per heavy atom. The second kappa shape index (κ2) is 18.0. The van der Waals surface area contributed by atoms with Gasteiger partial charge >= 0.3 is 11.9 Å². The molecule has 0 fully saturated rings. The fraction of sp³-hybridized carbons (Fsp3) is 0.867. The molecule has 0 radical (unpaired) electrons. The summed E-state index contributed by atoms with van der Waals surface area (Å²) in [6.45, 7) is 8.54. The van der Waals surface area contributed by atoms with E-state index in [4.69, 9.17) is 4.74 Å². The number of hydrogen-bond donors (Lipinski definition) is 1. The number of carbonyl (C=O) groups is 2. The summed E-state index contributed by atoms with van der Waals surface area (Å²) in [5, 5.41) is 9.67. The van der Waals surface area contributed by atoms with Gasteiger partial charge in [0.1, 0.15) is 6.10 Å². The van der Waals surface area contributed by atoms with Crippen LogP contribution >= 0.6 is 0 Å². The molecular formula is C30H54O4. The van der Waals surface area contributed by atoms with E-state index in [1.807, 2.05) is 6.08 Å². The van der Waals surface area contributed by atoms with Gasteiger partial charge in [-0.05, 0) is 51.4 Å². The molecule has 1 aliphatic carbocycles. The SMILES string of the molecule is CCCCCCCCCCC(CCCCCCCC(C)C)OC(=O)C1(C)C=CCCC1C(=O)O. The van der Waals surface area contributed by atoms with E-state index in [1.54, 1.807) is 13.0 Å². The molecule has 3 unspecified atom stereocenters. The van der Waals surface area contributed by atoms with Crippen LogP contribution in [-0.4, -0.2) is 23.1 Å². The van der Waals surface area contributed by atoms with Crippen molar-refractivity contribution in [2.75, 3.05) is 0 Å². The molecule has 0 amide bonds. The van der Waals surface area contributed by atoms with E-state index in [2.05, 4.69) is 20.8 Å². The van der Waals surface area contributed by atoms with Crippen LogP contribution in [0.3, 0.4) is 0 Å². The smallest absolute Gasteiger partial charge is 0.316 e. The van der Waals surface area contributed by atoms with Gasteiger partial charge in [-0.3, -0.25) is 9.59 Å². The molecule has 0 aromatic carbocycles. The van der Waals surface area contributed by atoms with Crippen molar-refractivity contribution in [1.29, 1.82) is 0 Å². The van der Waals surface area contributed by atoms with Crippen LogP contribution in [0.1, 0.15) is 143 Å². The first kappa shape index (κ1) is 30.7. The van der Waals surface area contributed by atoms with Gasteiger partial charge in [-0.15, -0.1) is 0 Å². The molecule has 0 aliphatic heterocycles. The summed E-state index contributed by atoms with van der Waals surface area (Å²) in [6.07, 6.45) is 24.1. The maximum Gasteiger partial charge on any atom is 0.316 e. The van der Waals surface area contributed by atoms with Gasteiger partial charge in [-0.25, -0.2) is 0 Å². The molecule has 0 saturated heterocycles. The van der Waals surface area contributed by atoms with E-state index in [-0.39, 0.29) is 12.1 Å². The molecule has 1 rings (SSSR count). The van der Waals surface area contributed by atoms with Crippen molar-refractivity contribution in [3.8, 4) is 0 Å². The second-order valence-corrected chi connectivity index (χ2v) is 11.2. The first-order valence-corrected chi connectivity index (χ1v) is 14.4. The van der Waals surface area contributed by atoms with Crippen molar-refractivity contribution in [1.82, 2.24) is 0 Å². The van der Waals surface area contributed by atoms with Gasteiger partial charge in [0.25, 0.3) is 0 Å². The first-order chi connectivity index (χ1) is 16.3. The lowest BCUT2D eigenvalue weighted by Crippen LogP contribution is -2.42. The minimum atomic E-state index is -1.06. The van der Waals surface area contributed by atoms with Crippen molar-refractivity contribution in [2.45, 2.75) is 149 Å². The molecule has 0 aromatic rings. The van der Waals surface area contributed by atoms with Crippen LogP contribution < -0.4 is 0 Å². The Hall–Kier alpha value is -1.32. The highest BCUT2D eigenvalue weighted by atomic mass is 16.5. The zero-order valence-corrected chi connectivity index (χ0v) is 22.8. The van der Waals surface area contributed by atoms with Crippen LogP contribution in [0.2, 0.25) is 0 Å². The van der Waals surface area contributed by atoms with Gasteiger partial charge in [0.15, 0.2) is 0 Å². The first-order valence-electron chi connectivity index (χ1n) is 14.4. The Morgan fingerprint density at radius 2 is 1.38 bits per heavy atom. The van der Waals surface area contributed by atoms with E-state index in [0.717, 1.165) is 31.6 Å². The highest BCUT2D eigenvalue weighted by molar-refractivity contribution is 5.86. The highest BCUT2D eigenvalue weighted by Gasteiger charge is 2.46. The van der Waals surface area contributed by atoms with Gasteiger partial charge < -0.3 is 9.84 Å². The number of unbranched alkanes of at least 4 members (excludes halogenated alkanes) is 11. The Bertz CT molecular complexity index is 582. The third kappa shape index (κ3) is 12.4. The number of carbonyl (C=O) groups excluding carboxylic acids is 1. The van der Waals surface area contributed by atoms with E-state index in [1.165, 1.54) is 77.0 Å². The van der Waals surface area contributed by atoms with Gasteiger partial charge in [-0.2, -0.15) is 0 Å². The highest BCUT2D eigenvalue weighted by Crippen LogP contribution is 2.38. The number of aliphatic carboxylic acids is 1. The topological polar surface area (TPSA) is 63.6 Å². The molecule has 3 atom stereocenters. The van der Waals surface area contributed by atoms with Crippen LogP contribution in [-0.2, 0) is 14.3 Å². The number of esters is 1. The average molecular weight is 479 g/mol. The van der Waals surface area contributed by atoms with Crippen LogP contribution in [0, 0.1) is 17.3 Å². The standard InChI is InChI=1S/C30H54O4/c1-5-6-7-8-9-10-13-16-21-26(22-17-14-11-12-15-20-25(2)3)34-29(33)30(4)24-19-18-23-27(30)28(31)32/h19,24-27H,5-18,20-23H2,1-4H3,(H,31,32). The predicted molar refractivity (Wildman–Crippen MR) is 142 cm³/mol. The van der Waals surface area contributed by atoms with Gasteiger partial charge in [0, 0.05) is 0 Å². The molecule has 0 bridgehead atoms. The molecule has 0 aromatic heterocycles. The van der Waals surface area contributed by atoms with Crippen LogP contribution in [0.25, 0.3) is 0 Å². The van der Waals surface area contributed by atoms with E-state index in [9.17, 15) is 14.7 Å². The van der Waals surface area contributed by atoms with Gasteiger partial charge in [0.05, 0.1) is 11.3 Å². The lowest BCUT2D eigenvalue weighted by molar-refractivity contribution is -0.168. The maximum atomic E-state index is 13.2. The molecule has 0 heterocycles. The quantitative estimate of drug-likeness (QED) is 0.108. The predicted octanol–water partition coefficient (Wildman–Crippen LogP) is 8.87. The lowest BCUT2D eigenvalue weighted by atomic mass is 9.71. The van der Waals surface area contributed by atoms with Crippen LogP contribution in [0.15, 0.2) is 12.2 Å². The molecule has 1 aliphatic rings. The Labute approximate surface area is 210 Å². The molecule has 4 heteroatoms. The average Bonchev–Trinajstić information content (AvgIpc) is 2.79. The maximum absolute atomic E-state index is 13.2. The summed E-state index contributed by atoms with van der Waals surface area (Å²) >= 11 is 0. The largest absolute Gasteiger partial charge is 0.481 e. The molecule has 0 saturated carbocycles. The molecule has 0 spiro atoms. The molecule has 198 valence electrons. The number of hydrogen-bond acceptors (Lipinski definition) is 3. The summed E-state index contributed by atoms with van der Waals surface area (Å²) in [4.78, 5) is 25.0. The van der Waals surface area contributed by atoms with Crippen molar-refractivity contribution in [3.05, 3.63) is 12.2 Å². The van der Waals surface area contributed by atoms with Crippen molar-refractivity contribution in [3.63, 3.8) is 0 Å². The van der Waals surface area contributed by atoms with E-state index < -0.39 is 17.3 Å². The zero-order chi connectivity index (χ0) is 25.2. The van der Waals surface area contributed by atoms with Gasteiger partial charge in [0.2, 0.25) is 0 Å². The number of allylic oxidation sites excluding steroid dienone is 1. The monoisotopic (exact) mass is 478 g/mol. The number of ether oxygens (including phenoxy) is 1. The van der Waals surface area contributed by atoms with Crippen molar-refractivity contribution < 1.29 is 19.4 Å². The van der Waals surface area contributed by atoms with Crippen LogP contribution in [0.5, 0.6) is 0 Å². The summed E-state index contributed by atoms with van der Waals surface area (Å²) in [6, 6.07) is 0. The fourth-order valence-electron chi connectivity index (χ4n) is 5.10. The van der Waals surface area contributed by atoms with E-state index in [0.29, 0.717) is 12.8 Å².